The molecule has 0 heterocycles. The lowest BCUT2D eigenvalue weighted by Gasteiger charge is -2.09. The van der Waals surface area contributed by atoms with Gasteiger partial charge in [-0.25, -0.2) is 4.39 Å². The first-order chi connectivity index (χ1) is 9.90. The maximum Gasteiger partial charge on any atom is 0.273 e. The molecule has 21 heavy (non-hydrogen) atoms. The standard InChI is InChI=1S/C14H10FIN2O3/c1-8-10(3-2-4-13(8)18(20)21)14(19)17-12-6-5-9(16)7-11(12)15/h2-7H,1H3,(H,17,19). The van der Waals surface area contributed by atoms with Gasteiger partial charge in [-0.05, 0) is 53.8 Å². The Kier molecular flexibility index (Phi) is 4.51. The average molecular weight is 400 g/mol. The molecule has 1 N–H and O–H groups in total. The molecule has 0 unspecified atom stereocenters. The molecule has 7 heteroatoms. The van der Waals surface area contributed by atoms with Crippen molar-refractivity contribution in [2.75, 3.05) is 5.32 Å². The van der Waals surface area contributed by atoms with Gasteiger partial charge in [0.05, 0.1) is 10.6 Å². The Hall–Kier alpha value is -2.03. The number of nitro groups is 1. The fraction of sp³-hybridized carbons (Fsp3) is 0.0714. The van der Waals surface area contributed by atoms with Crippen molar-refractivity contribution >= 4 is 39.9 Å². The van der Waals surface area contributed by atoms with Crippen LogP contribution >= 0.6 is 22.6 Å². The first-order valence-corrected chi connectivity index (χ1v) is 6.98. The summed E-state index contributed by atoms with van der Waals surface area (Å²) in [4.78, 5) is 22.4. The molecule has 0 radical (unpaired) electrons. The molecule has 0 aromatic heterocycles. The van der Waals surface area contributed by atoms with Crippen LogP contribution in [0.25, 0.3) is 0 Å². The van der Waals surface area contributed by atoms with E-state index in [0.29, 0.717) is 3.57 Å². The van der Waals surface area contributed by atoms with Gasteiger partial charge in [0.25, 0.3) is 11.6 Å². The first kappa shape index (κ1) is 15.4. The number of halogens is 2. The second-order valence-electron chi connectivity index (χ2n) is 4.29. The molecule has 0 aliphatic heterocycles. The molecule has 0 aliphatic rings. The van der Waals surface area contributed by atoms with Crippen molar-refractivity contribution in [3.63, 3.8) is 0 Å². The topological polar surface area (TPSA) is 72.2 Å². The molecular formula is C14H10FIN2O3. The Labute approximate surface area is 133 Å². The molecule has 0 atom stereocenters. The Morgan fingerprint density at radius 3 is 2.67 bits per heavy atom. The predicted octanol–water partition coefficient (Wildman–Crippen LogP) is 3.90. The van der Waals surface area contributed by atoms with Gasteiger partial charge in [-0.1, -0.05) is 6.07 Å². The molecule has 0 saturated carbocycles. The summed E-state index contributed by atoms with van der Waals surface area (Å²) in [6.07, 6.45) is 0. The number of nitrogens with zero attached hydrogens (tertiary/aromatic N) is 1. The number of carbonyl (C=O) groups is 1. The Bertz CT molecular complexity index is 734. The summed E-state index contributed by atoms with van der Waals surface area (Å²) in [6, 6.07) is 8.59. The highest BCUT2D eigenvalue weighted by Crippen LogP contribution is 2.23. The van der Waals surface area contributed by atoms with Crippen molar-refractivity contribution in [3.8, 4) is 0 Å². The zero-order valence-electron chi connectivity index (χ0n) is 10.9. The van der Waals surface area contributed by atoms with E-state index in [1.807, 2.05) is 22.6 Å². The number of nitrogens with one attached hydrogen (secondary N) is 1. The lowest BCUT2D eigenvalue weighted by Crippen LogP contribution is -2.15. The van der Waals surface area contributed by atoms with E-state index in [-0.39, 0.29) is 22.5 Å². The van der Waals surface area contributed by atoms with Gasteiger partial charge in [0.1, 0.15) is 5.82 Å². The van der Waals surface area contributed by atoms with Gasteiger partial charge in [0.2, 0.25) is 0 Å². The van der Waals surface area contributed by atoms with Crippen molar-refractivity contribution in [3.05, 3.63) is 67.0 Å². The summed E-state index contributed by atoms with van der Waals surface area (Å²) in [6.45, 7) is 1.48. The Balaban J connectivity index is 2.33. The van der Waals surface area contributed by atoms with Gasteiger partial charge < -0.3 is 5.32 Å². The fourth-order valence-electron chi connectivity index (χ4n) is 1.85. The first-order valence-electron chi connectivity index (χ1n) is 5.90. The average Bonchev–Trinajstić information content (AvgIpc) is 2.41. The van der Waals surface area contributed by atoms with Crippen molar-refractivity contribution < 1.29 is 14.1 Å². The van der Waals surface area contributed by atoms with Crippen LogP contribution in [0.3, 0.4) is 0 Å². The third-order valence-corrected chi connectivity index (χ3v) is 3.60. The summed E-state index contributed by atoms with van der Waals surface area (Å²) >= 11 is 1.96. The van der Waals surface area contributed by atoms with Crippen LogP contribution in [0.15, 0.2) is 36.4 Å². The minimum Gasteiger partial charge on any atom is -0.319 e. The van der Waals surface area contributed by atoms with Gasteiger partial charge in [-0.15, -0.1) is 0 Å². The molecule has 2 aromatic carbocycles. The van der Waals surface area contributed by atoms with E-state index in [1.54, 1.807) is 6.07 Å². The molecule has 0 spiro atoms. The number of amides is 1. The largest absolute Gasteiger partial charge is 0.319 e. The highest BCUT2D eigenvalue weighted by molar-refractivity contribution is 14.1. The van der Waals surface area contributed by atoms with Crippen molar-refractivity contribution in [1.29, 1.82) is 0 Å². The smallest absolute Gasteiger partial charge is 0.273 e. The van der Waals surface area contributed by atoms with Crippen molar-refractivity contribution in [2.24, 2.45) is 0 Å². The quantitative estimate of drug-likeness (QED) is 0.483. The minimum atomic E-state index is -0.587. The van der Waals surface area contributed by atoms with Crippen LogP contribution < -0.4 is 5.32 Å². The molecule has 1 amide bonds. The van der Waals surface area contributed by atoms with Crippen molar-refractivity contribution in [2.45, 2.75) is 6.92 Å². The summed E-state index contributed by atoms with van der Waals surface area (Å²) in [7, 11) is 0. The Morgan fingerprint density at radius 2 is 2.05 bits per heavy atom. The molecule has 0 saturated heterocycles. The molecule has 0 bridgehead atoms. The molecule has 5 nitrogen and oxygen atoms in total. The SMILES string of the molecule is Cc1c(C(=O)Nc2ccc(I)cc2F)cccc1[N+](=O)[O-]. The van der Waals surface area contributed by atoms with Gasteiger partial charge >= 0.3 is 0 Å². The van der Waals surface area contributed by atoms with E-state index in [9.17, 15) is 19.3 Å². The number of rotatable bonds is 3. The molecule has 2 rings (SSSR count). The monoisotopic (exact) mass is 400 g/mol. The second kappa shape index (κ2) is 6.17. The summed E-state index contributed by atoms with van der Waals surface area (Å²) in [5.41, 5.74) is 0.269. The molecule has 0 aliphatic carbocycles. The molecule has 2 aromatic rings. The van der Waals surface area contributed by atoms with Crippen LogP contribution in [0, 0.1) is 26.4 Å². The number of hydrogen-bond donors (Lipinski definition) is 1. The van der Waals surface area contributed by atoms with Crippen LogP contribution in [-0.4, -0.2) is 10.8 Å². The molecular weight excluding hydrogens is 390 g/mol. The molecule has 0 fully saturated rings. The Morgan fingerprint density at radius 1 is 1.33 bits per heavy atom. The molecule has 108 valence electrons. The number of anilines is 1. The number of benzene rings is 2. The zero-order valence-corrected chi connectivity index (χ0v) is 13.0. The van der Waals surface area contributed by atoms with E-state index in [4.69, 9.17) is 0 Å². The van der Waals surface area contributed by atoms with Crippen LogP contribution in [0.1, 0.15) is 15.9 Å². The van der Waals surface area contributed by atoms with Crippen LogP contribution in [0.4, 0.5) is 15.8 Å². The van der Waals surface area contributed by atoms with E-state index in [0.717, 1.165) is 0 Å². The van der Waals surface area contributed by atoms with E-state index >= 15 is 0 Å². The highest BCUT2D eigenvalue weighted by Gasteiger charge is 2.18. The van der Waals surface area contributed by atoms with E-state index in [1.165, 1.54) is 37.3 Å². The third kappa shape index (κ3) is 3.35. The lowest BCUT2D eigenvalue weighted by molar-refractivity contribution is -0.385. The van der Waals surface area contributed by atoms with Gasteiger partial charge in [0, 0.05) is 20.8 Å². The van der Waals surface area contributed by atoms with E-state index in [2.05, 4.69) is 5.32 Å². The maximum atomic E-state index is 13.7. The minimum absolute atomic E-state index is 0.0336. The number of hydrogen-bond acceptors (Lipinski definition) is 3. The van der Waals surface area contributed by atoms with Crippen LogP contribution in [0.2, 0.25) is 0 Å². The summed E-state index contributed by atoms with van der Waals surface area (Å²) < 4.78 is 14.4. The number of carbonyl (C=O) groups excluding carboxylic acids is 1. The lowest BCUT2D eigenvalue weighted by atomic mass is 10.1. The maximum absolute atomic E-state index is 13.7. The number of nitro benzene ring substituents is 1. The summed E-state index contributed by atoms with van der Waals surface area (Å²) in [5, 5.41) is 13.3. The van der Waals surface area contributed by atoms with E-state index < -0.39 is 16.6 Å². The van der Waals surface area contributed by atoms with Crippen LogP contribution in [0.5, 0.6) is 0 Å². The van der Waals surface area contributed by atoms with Gasteiger partial charge in [-0.3, -0.25) is 14.9 Å². The normalized spacial score (nSPS) is 10.2. The summed E-state index contributed by atoms with van der Waals surface area (Å²) in [5.74, 6) is -1.14. The van der Waals surface area contributed by atoms with Crippen LogP contribution in [-0.2, 0) is 0 Å². The predicted molar refractivity (Wildman–Crippen MR) is 84.9 cm³/mol. The van der Waals surface area contributed by atoms with Gasteiger partial charge in [0.15, 0.2) is 0 Å². The van der Waals surface area contributed by atoms with Crippen molar-refractivity contribution in [1.82, 2.24) is 0 Å². The fourth-order valence-corrected chi connectivity index (χ4v) is 2.30. The zero-order chi connectivity index (χ0) is 15.6. The highest BCUT2D eigenvalue weighted by atomic mass is 127. The van der Waals surface area contributed by atoms with Gasteiger partial charge in [-0.2, -0.15) is 0 Å². The second-order valence-corrected chi connectivity index (χ2v) is 5.53. The third-order valence-electron chi connectivity index (χ3n) is 2.93.